The van der Waals surface area contributed by atoms with Gasteiger partial charge in [-0.05, 0) is 37.0 Å². The van der Waals surface area contributed by atoms with E-state index in [0.717, 1.165) is 29.2 Å². The molecule has 1 aliphatic rings. The highest BCUT2D eigenvalue weighted by Gasteiger charge is 2.24. The molecule has 2 N–H and O–H groups in total. The molecule has 23 heavy (non-hydrogen) atoms. The number of nitrogens with one attached hydrogen (secondary N) is 2. The monoisotopic (exact) mass is 434 g/mol. The molecule has 6 heteroatoms. The van der Waals surface area contributed by atoms with Crippen molar-refractivity contribution in [3.8, 4) is 0 Å². The first-order chi connectivity index (χ1) is 10.5. The molecule has 2 unspecified atom stereocenters. The normalized spacial score (nSPS) is 25.1. The molecule has 1 aliphatic carbocycles. The average molecular weight is 434 g/mol. The highest BCUT2D eigenvalue weighted by Crippen LogP contribution is 2.28. The van der Waals surface area contributed by atoms with E-state index in [9.17, 15) is 0 Å². The number of guanidine groups is 1. The summed E-state index contributed by atoms with van der Waals surface area (Å²) in [4.78, 5) is 4.32. The van der Waals surface area contributed by atoms with Crippen molar-refractivity contribution >= 4 is 29.9 Å². The summed E-state index contributed by atoms with van der Waals surface area (Å²) in [5, 5.41) is 10.9. The Bertz CT molecular complexity index is 491. The van der Waals surface area contributed by atoms with Crippen LogP contribution in [-0.2, 0) is 6.54 Å². The van der Waals surface area contributed by atoms with Crippen molar-refractivity contribution in [2.24, 2.45) is 16.8 Å². The molecule has 0 amide bonds. The van der Waals surface area contributed by atoms with Gasteiger partial charge in [0.25, 0.3) is 0 Å². The Hall–Kier alpha value is -0.790. The summed E-state index contributed by atoms with van der Waals surface area (Å²) in [5.41, 5.74) is 0.995. The van der Waals surface area contributed by atoms with Crippen LogP contribution in [0.2, 0.25) is 0 Å². The Morgan fingerprint density at radius 2 is 1.96 bits per heavy atom. The molecule has 1 aromatic heterocycles. The number of rotatable bonds is 4. The van der Waals surface area contributed by atoms with E-state index in [4.69, 9.17) is 4.52 Å². The van der Waals surface area contributed by atoms with Crippen molar-refractivity contribution in [2.75, 3.05) is 7.05 Å². The van der Waals surface area contributed by atoms with E-state index < -0.39 is 0 Å². The van der Waals surface area contributed by atoms with Gasteiger partial charge in [-0.2, -0.15) is 0 Å². The van der Waals surface area contributed by atoms with Crippen LogP contribution in [0, 0.1) is 11.8 Å². The Kier molecular flexibility index (Phi) is 8.36. The van der Waals surface area contributed by atoms with E-state index in [0.29, 0.717) is 18.5 Å². The predicted octanol–water partition coefficient (Wildman–Crippen LogP) is 3.91. The molecule has 0 bridgehead atoms. The van der Waals surface area contributed by atoms with Gasteiger partial charge in [-0.1, -0.05) is 32.9 Å². The number of halogens is 1. The molecule has 1 aromatic rings. The van der Waals surface area contributed by atoms with E-state index >= 15 is 0 Å². The second-order valence-corrected chi connectivity index (χ2v) is 7.06. The van der Waals surface area contributed by atoms with Gasteiger partial charge in [0.2, 0.25) is 0 Å². The first-order valence-corrected chi connectivity index (χ1v) is 8.40. The molecule has 0 aliphatic heterocycles. The van der Waals surface area contributed by atoms with Crippen LogP contribution < -0.4 is 10.6 Å². The van der Waals surface area contributed by atoms with E-state index in [1.54, 1.807) is 0 Å². The van der Waals surface area contributed by atoms with Gasteiger partial charge in [-0.15, -0.1) is 24.0 Å². The van der Waals surface area contributed by atoms with Crippen molar-refractivity contribution < 1.29 is 4.52 Å². The van der Waals surface area contributed by atoms with Gasteiger partial charge in [0.1, 0.15) is 0 Å². The fourth-order valence-electron chi connectivity index (χ4n) is 3.31. The zero-order valence-corrected chi connectivity index (χ0v) is 17.3. The number of nitrogens with zero attached hydrogens (tertiary/aromatic N) is 2. The molecule has 5 nitrogen and oxygen atoms in total. The summed E-state index contributed by atoms with van der Waals surface area (Å²) in [5.74, 6) is 3.63. The van der Waals surface area contributed by atoms with Crippen LogP contribution in [0.5, 0.6) is 0 Å². The SMILES string of the molecule is CN=C(NCc1cc(C(C)C)no1)NC1CC(C)CC(C)C1.I. The van der Waals surface area contributed by atoms with Crippen molar-refractivity contribution in [3.05, 3.63) is 17.5 Å². The fourth-order valence-corrected chi connectivity index (χ4v) is 3.31. The van der Waals surface area contributed by atoms with Gasteiger partial charge in [0, 0.05) is 19.2 Å². The van der Waals surface area contributed by atoms with E-state index in [1.165, 1.54) is 19.3 Å². The van der Waals surface area contributed by atoms with E-state index in [1.807, 2.05) is 13.1 Å². The molecule has 0 aromatic carbocycles. The quantitative estimate of drug-likeness (QED) is 0.429. The minimum atomic E-state index is 0. The highest BCUT2D eigenvalue weighted by molar-refractivity contribution is 14.0. The van der Waals surface area contributed by atoms with Gasteiger partial charge in [0.15, 0.2) is 11.7 Å². The summed E-state index contributed by atoms with van der Waals surface area (Å²) >= 11 is 0. The summed E-state index contributed by atoms with van der Waals surface area (Å²) < 4.78 is 5.35. The predicted molar refractivity (Wildman–Crippen MR) is 105 cm³/mol. The van der Waals surface area contributed by atoms with Crippen LogP contribution in [-0.4, -0.2) is 24.2 Å². The molecule has 0 spiro atoms. The average Bonchev–Trinajstić information content (AvgIpc) is 2.91. The molecular weight excluding hydrogens is 403 g/mol. The lowest BCUT2D eigenvalue weighted by atomic mass is 9.80. The lowest BCUT2D eigenvalue weighted by Gasteiger charge is -2.32. The Balaban J connectivity index is 0.00000264. The Morgan fingerprint density at radius 3 is 2.48 bits per heavy atom. The smallest absolute Gasteiger partial charge is 0.191 e. The summed E-state index contributed by atoms with van der Waals surface area (Å²) in [6.07, 6.45) is 3.76. The lowest BCUT2D eigenvalue weighted by Crippen LogP contribution is -2.45. The van der Waals surface area contributed by atoms with Gasteiger partial charge < -0.3 is 15.2 Å². The summed E-state index contributed by atoms with van der Waals surface area (Å²) in [6.45, 7) is 9.50. The van der Waals surface area contributed by atoms with Crippen molar-refractivity contribution in [1.82, 2.24) is 15.8 Å². The third-order valence-electron chi connectivity index (χ3n) is 4.34. The minimum Gasteiger partial charge on any atom is -0.359 e. The van der Waals surface area contributed by atoms with Crippen LogP contribution in [0.3, 0.4) is 0 Å². The maximum absolute atomic E-state index is 5.35. The zero-order valence-electron chi connectivity index (χ0n) is 14.9. The van der Waals surface area contributed by atoms with Crippen LogP contribution in [0.1, 0.15) is 64.3 Å². The largest absolute Gasteiger partial charge is 0.359 e. The Labute approximate surface area is 157 Å². The second-order valence-electron chi connectivity index (χ2n) is 7.06. The third kappa shape index (κ3) is 6.31. The molecule has 2 rings (SSSR count). The summed E-state index contributed by atoms with van der Waals surface area (Å²) in [7, 11) is 1.81. The van der Waals surface area contributed by atoms with Crippen LogP contribution in [0.15, 0.2) is 15.6 Å². The minimum absolute atomic E-state index is 0. The maximum Gasteiger partial charge on any atom is 0.191 e. The zero-order chi connectivity index (χ0) is 16.1. The summed E-state index contributed by atoms with van der Waals surface area (Å²) in [6, 6.07) is 2.52. The van der Waals surface area contributed by atoms with Crippen molar-refractivity contribution in [2.45, 2.75) is 65.5 Å². The van der Waals surface area contributed by atoms with Crippen LogP contribution in [0.4, 0.5) is 0 Å². The molecule has 1 saturated carbocycles. The van der Waals surface area contributed by atoms with Gasteiger partial charge in [-0.25, -0.2) is 0 Å². The number of hydrogen-bond acceptors (Lipinski definition) is 3. The topological polar surface area (TPSA) is 62.5 Å². The van der Waals surface area contributed by atoms with Gasteiger partial charge in [-0.3, -0.25) is 4.99 Å². The van der Waals surface area contributed by atoms with Crippen molar-refractivity contribution in [3.63, 3.8) is 0 Å². The van der Waals surface area contributed by atoms with Crippen molar-refractivity contribution in [1.29, 1.82) is 0 Å². The molecule has 2 atom stereocenters. The first-order valence-electron chi connectivity index (χ1n) is 8.40. The van der Waals surface area contributed by atoms with E-state index in [-0.39, 0.29) is 24.0 Å². The number of aromatic nitrogens is 1. The highest BCUT2D eigenvalue weighted by atomic mass is 127. The lowest BCUT2D eigenvalue weighted by molar-refractivity contribution is 0.255. The van der Waals surface area contributed by atoms with Gasteiger partial charge >= 0.3 is 0 Å². The molecule has 1 heterocycles. The molecule has 0 saturated heterocycles. The molecular formula is C17H31IN4O. The third-order valence-corrected chi connectivity index (χ3v) is 4.34. The maximum atomic E-state index is 5.35. The Morgan fingerprint density at radius 1 is 1.30 bits per heavy atom. The fraction of sp³-hybridized carbons (Fsp3) is 0.765. The molecule has 0 radical (unpaired) electrons. The van der Waals surface area contributed by atoms with Crippen LogP contribution >= 0.6 is 24.0 Å². The number of aliphatic imine (C=N–C) groups is 1. The van der Waals surface area contributed by atoms with E-state index in [2.05, 4.69) is 48.5 Å². The standard InChI is InChI=1S/C17H30N4O.HI/c1-11(2)16-9-15(22-21-16)10-19-17(18-5)20-14-7-12(3)6-13(4)8-14;/h9,11-14H,6-8,10H2,1-5H3,(H2,18,19,20);1H. The molecule has 1 fully saturated rings. The number of hydrogen-bond donors (Lipinski definition) is 2. The molecule has 132 valence electrons. The first kappa shape index (κ1) is 20.3. The van der Waals surface area contributed by atoms with Crippen LogP contribution in [0.25, 0.3) is 0 Å². The van der Waals surface area contributed by atoms with Gasteiger partial charge in [0.05, 0.1) is 12.2 Å². The second kappa shape index (κ2) is 9.49.